The Balaban J connectivity index is 1.73. The molecule has 0 radical (unpaired) electrons. The number of rotatable bonds is 5. The average Bonchev–Trinajstić information content (AvgIpc) is 2.64. The van der Waals surface area contributed by atoms with Gasteiger partial charge in [-0.1, -0.05) is 23.7 Å². The van der Waals surface area contributed by atoms with E-state index in [0.717, 1.165) is 4.68 Å². The first-order valence-electron chi connectivity index (χ1n) is 7.85. The summed E-state index contributed by atoms with van der Waals surface area (Å²) in [5.41, 5.74) is -0.205. The van der Waals surface area contributed by atoms with E-state index in [9.17, 15) is 14.4 Å². The van der Waals surface area contributed by atoms with Gasteiger partial charge in [0.1, 0.15) is 5.75 Å². The standard InChI is InChI=1S/C18H16ClN3O4/c1-26-15-7-6-11(10-14(15)19)20-16(23)8-9-22-18(25)13-5-3-2-4-12(13)17(24)21-22/h2-7,10H,8-9H2,1H3,(H,20,23)(H,21,24). The Bertz CT molecular complexity index is 1090. The van der Waals surface area contributed by atoms with Gasteiger partial charge >= 0.3 is 0 Å². The second-order valence-corrected chi connectivity index (χ2v) is 6.00. The van der Waals surface area contributed by atoms with Crippen LogP contribution in [0.4, 0.5) is 5.69 Å². The third kappa shape index (κ3) is 3.62. The van der Waals surface area contributed by atoms with Crippen LogP contribution in [0.1, 0.15) is 6.42 Å². The Hall–Kier alpha value is -3.06. The lowest BCUT2D eigenvalue weighted by molar-refractivity contribution is -0.116. The first kappa shape index (κ1) is 17.8. The lowest BCUT2D eigenvalue weighted by Gasteiger charge is -2.09. The van der Waals surface area contributed by atoms with Gasteiger partial charge in [0.25, 0.3) is 11.1 Å². The molecular weight excluding hydrogens is 358 g/mol. The number of fused-ring (bicyclic) bond motifs is 1. The molecule has 134 valence electrons. The number of hydrogen-bond acceptors (Lipinski definition) is 4. The molecule has 2 aromatic carbocycles. The number of carbonyl (C=O) groups excluding carboxylic acids is 1. The number of methoxy groups -OCH3 is 1. The Morgan fingerprint density at radius 1 is 1.19 bits per heavy atom. The van der Waals surface area contributed by atoms with Crippen LogP contribution in [-0.4, -0.2) is 22.8 Å². The fourth-order valence-electron chi connectivity index (χ4n) is 2.59. The third-order valence-electron chi connectivity index (χ3n) is 3.88. The highest BCUT2D eigenvalue weighted by molar-refractivity contribution is 6.32. The second-order valence-electron chi connectivity index (χ2n) is 5.59. The number of hydrogen-bond donors (Lipinski definition) is 2. The summed E-state index contributed by atoms with van der Waals surface area (Å²) in [4.78, 5) is 36.6. The van der Waals surface area contributed by atoms with Gasteiger partial charge in [0.2, 0.25) is 5.91 Å². The highest BCUT2D eigenvalue weighted by Crippen LogP contribution is 2.27. The van der Waals surface area contributed by atoms with Crippen molar-refractivity contribution in [1.29, 1.82) is 0 Å². The van der Waals surface area contributed by atoms with Crippen molar-refractivity contribution in [3.05, 3.63) is 68.2 Å². The largest absolute Gasteiger partial charge is 0.495 e. The van der Waals surface area contributed by atoms with E-state index in [1.165, 1.54) is 7.11 Å². The molecule has 3 rings (SSSR count). The SMILES string of the molecule is COc1ccc(NC(=O)CCn2[nH]c(=O)c3ccccc3c2=O)cc1Cl. The van der Waals surface area contributed by atoms with Crippen molar-refractivity contribution in [3.8, 4) is 5.75 Å². The molecule has 7 nitrogen and oxygen atoms in total. The smallest absolute Gasteiger partial charge is 0.273 e. The van der Waals surface area contributed by atoms with E-state index in [-0.39, 0.29) is 30.0 Å². The molecule has 0 aliphatic rings. The van der Waals surface area contributed by atoms with Crippen LogP contribution in [-0.2, 0) is 11.3 Å². The normalized spacial score (nSPS) is 10.7. The number of H-pyrrole nitrogens is 1. The molecule has 0 saturated carbocycles. The maximum Gasteiger partial charge on any atom is 0.273 e. The molecule has 26 heavy (non-hydrogen) atoms. The van der Waals surface area contributed by atoms with Gasteiger partial charge in [0.05, 0.1) is 29.4 Å². The molecule has 0 aliphatic carbocycles. The topological polar surface area (TPSA) is 93.2 Å². The fourth-order valence-corrected chi connectivity index (χ4v) is 2.84. The molecule has 0 aliphatic heterocycles. The zero-order chi connectivity index (χ0) is 18.7. The quantitative estimate of drug-likeness (QED) is 0.718. The lowest BCUT2D eigenvalue weighted by Crippen LogP contribution is -2.31. The van der Waals surface area contributed by atoms with Crippen molar-refractivity contribution >= 4 is 34.0 Å². The van der Waals surface area contributed by atoms with Gasteiger partial charge in [0, 0.05) is 12.1 Å². The van der Waals surface area contributed by atoms with E-state index in [0.29, 0.717) is 27.2 Å². The van der Waals surface area contributed by atoms with Crippen LogP contribution in [0.15, 0.2) is 52.1 Å². The molecule has 2 N–H and O–H groups in total. The number of aromatic nitrogens is 2. The number of aromatic amines is 1. The van der Waals surface area contributed by atoms with Crippen molar-refractivity contribution in [2.24, 2.45) is 0 Å². The summed E-state index contributed by atoms with van der Waals surface area (Å²) in [7, 11) is 1.50. The minimum atomic E-state index is -0.373. The predicted molar refractivity (Wildman–Crippen MR) is 100 cm³/mol. The zero-order valence-corrected chi connectivity index (χ0v) is 14.7. The maximum absolute atomic E-state index is 12.4. The van der Waals surface area contributed by atoms with Gasteiger partial charge in [-0.2, -0.15) is 0 Å². The van der Waals surface area contributed by atoms with Crippen molar-refractivity contribution in [2.45, 2.75) is 13.0 Å². The van der Waals surface area contributed by atoms with E-state index in [1.54, 1.807) is 42.5 Å². The Labute approximate surface area is 153 Å². The lowest BCUT2D eigenvalue weighted by atomic mass is 10.2. The molecule has 3 aromatic rings. The van der Waals surface area contributed by atoms with Crippen LogP contribution in [0.25, 0.3) is 10.8 Å². The zero-order valence-electron chi connectivity index (χ0n) is 13.9. The van der Waals surface area contributed by atoms with E-state index in [4.69, 9.17) is 16.3 Å². The first-order chi connectivity index (χ1) is 12.5. The molecule has 0 unspecified atom stereocenters. The second kappa shape index (κ2) is 7.45. The average molecular weight is 374 g/mol. The number of nitrogens with zero attached hydrogens (tertiary/aromatic N) is 1. The minimum Gasteiger partial charge on any atom is -0.495 e. The maximum atomic E-state index is 12.4. The number of carbonyl (C=O) groups is 1. The van der Waals surface area contributed by atoms with Crippen LogP contribution in [0.2, 0.25) is 5.02 Å². The molecule has 0 saturated heterocycles. The van der Waals surface area contributed by atoms with Crippen LogP contribution in [0, 0.1) is 0 Å². The van der Waals surface area contributed by atoms with Gasteiger partial charge in [-0.3, -0.25) is 19.5 Å². The first-order valence-corrected chi connectivity index (χ1v) is 8.22. The molecule has 0 bridgehead atoms. The summed E-state index contributed by atoms with van der Waals surface area (Å²) < 4.78 is 6.20. The summed E-state index contributed by atoms with van der Waals surface area (Å²) in [6.07, 6.45) is 0.0117. The van der Waals surface area contributed by atoms with Gasteiger partial charge in [-0.05, 0) is 30.3 Å². The van der Waals surface area contributed by atoms with Crippen molar-refractivity contribution in [1.82, 2.24) is 9.78 Å². The molecule has 0 spiro atoms. The number of amides is 1. The van der Waals surface area contributed by atoms with Gasteiger partial charge in [0.15, 0.2) is 0 Å². The Morgan fingerprint density at radius 2 is 1.92 bits per heavy atom. The number of halogens is 1. The highest BCUT2D eigenvalue weighted by atomic mass is 35.5. The van der Waals surface area contributed by atoms with Gasteiger partial charge < -0.3 is 10.1 Å². The summed E-state index contributed by atoms with van der Waals surface area (Å²) in [6, 6.07) is 11.4. The molecule has 1 aromatic heterocycles. The molecule has 0 atom stereocenters. The van der Waals surface area contributed by atoms with E-state index < -0.39 is 0 Å². The monoisotopic (exact) mass is 373 g/mol. The summed E-state index contributed by atoms with van der Waals surface area (Å²) in [5, 5.41) is 6.20. The minimum absolute atomic E-state index is 0.0117. The number of anilines is 1. The van der Waals surface area contributed by atoms with E-state index >= 15 is 0 Å². The number of aryl methyl sites for hydroxylation is 1. The highest BCUT2D eigenvalue weighted by Gasteiger charge is 2.09. The van der Waals surface area contributed by atoms with Crippen LogP contribution < -0.4 is 21.2 Å². The number of nitrogens with one attached hydrogen (secondary N) is 2. The van der Waals surface area contributed by atoms with Crippen LogP contribution >= 0.6 is 11.6 Å². The molecule has 0 fully saturated rings. The van der Waals surface area contributed by atoms with E-state index in [1.807, 2.05) is 0 Å². The van der Waals surface area contributed by atoms with Gasteiger partial charge in [-0.25, -0.2) is 4.68 Å². The molecule has 8 heteroatoms. The number of benzene rings is 2. The summed E-state index contributed by atoms with van der Waals surface area (Å²) >= 11 is 6.02. The summed E-state index contributed by atoms with van der Waals surface area (Å²) in [5.74, 6) is 0.192. The third-order valence-corrected chi connectivity index (χ3v) is 4.18. The Morgan fingerprint density at radius 3 is 2.62 bits per heavy atom. The number of ether oxygens (including phenoxy) is 1. The van der Waals surface area contributed by atoms with E-state index in [2.05, 4.69) is 10.4 Å². The van der Waals surface area contributed by atoms with Crippen LogP contribution in [0.5, 0.6) is 5.75 Å². The molecular formula is C18H16ClN3O4. The molecule has 1 heterocycles. The van der Waals surface area contributed by atoms with Gasteiger partial charge in [-0.15, -0.1) is 0 Å². The van der Waals surface area contributed by atoms with Crippen molar-refractivity contribution in [3.63, 3.8) is 0 Å². The van der Waals surface area contributed by atoms with Crippen molar-refractivity contribution < 1.29 is 9.53 Å². The Kier molecular flexibility index (Phi) is 5.09. The summed E-state index contributed by atoms with van der Waals surface area (Å²) in [6.45, 7) is 0.0502. The predicted octanol–water partition coefficient (Wildman–Crippen LogP) is 2.38. The van der Waals surface area contributed by atoms with Crippen LogP contribution in [0.3, 0.4) is 0 Å². The fraction of sp³-hybridized carbons (Fsp3) is 0.167. The van der Waals surface area contributed by atoms with Crippen molar-refractivity contribution in [2.75, 3.05) is 12.4 Å². The molecule has 1 amide bonds.